The van der Waals surface area contributed by atoms with Crippen LogP contribution >= 0.6 is 11.6 Å². The molecule has 1 unspecified atom stereocenters. The Balaban J connectivity index is 2.27. The molecule has 2 N–H and O–H groups in total. The van der Waals surface area contributed by atoms with Gasteiger partial charge >= 0.3 is 0 Å². The Kier molecular flexibility index (Phi) is 3.14. The summed E-state index contributed by atoms with van der Waals surface area (Å²) in [7, 11) is 2.09. The molecular weight excluding hydrogens is 212 g/mol. The second kappa shape index (κ2) is 4.39. The highest BCUT2D eigenvalue weighted by molar-refractivity contribution is 6.31. The predicted molar refractivity (Wildman–Crippen MR) is 61.4 cm³/mol. The van der Waals surface area contributed by atoms with Gasteiger partial charge in [-0.2, -0.15) is 0 Å². The van der Waals surface area contributed by atoms with Crippen LogP contribution in [0.5, 0.6) is 5.75 Å². The fourth-order valence-corrected chi connectivity index (χ4v) is 2.24. The molecule has 0 radical (unpaired) electrons. The number of rotatable bonds is 1. The maximum atomic E-state index is 9.29. The SMILES string of the molecule is CN1CCNCC1c1ccc(O)cc1Cl. The summed E-state index contributed by atoms with van der Waals surface area (Å²) in [6.45, 7) is 2.94. The summed E-state index contributed by atoms with van der Waals surface area (Å²) < 4.78 is 0. The van der Waals surface area contributed by atoms with E-state index in [0.29, 0.717) is 11.1 Å². The largest absolute Gasteiger partial charge is 0.508 e. The van der Waals surface area contributed by atoms with Crippen molar-refractivity contribution in [3.63, 3.8) is 0 Å². The number of hydrogen-bond donors (Lipinski definition) is 2. The van der Waals surface area contributed by atoms with Gasteiger partial charge in [0.25, 0.3) is 0 Å². The van der Waals surface area contributed by atoms with Gasteiger partial charge in [-0.05, 0) is 24.7 Å². The Morgan fingerprint density at radius 3 is 3.00 bits per heavy atom. The van der Waals surface area contributed by atoms with Crippen LogP contribution in [0.4, 0.5) is 0 Å². The zero-order chi connectivity index (χ0) is 10.8. The molecule has 0 saturated carbocycles. The molecule has 1 aliphatic rings. The van der Waals surface area contributed by atoms with Crippen molar-refractivity contribution >= 4 is 11.6 Å². The van der Waals surface area contributed by atoms with Gasteiger partial charge in [0, 0.05) is 30.7 Å². The summed E-state index contributed by atoms with van der Waals surface area (Å²) in [6.07, 6.45) is 0. The fourth-order valence-electron chi connectivity index (χ4n) is 1.94. The third kappa shape index (κ3) is 2.25. The standard InChI is InChI=1S/C11H15ClN2O/c1-14-5-4-13-7-11(14)9-3-2-8(15)6-10(9)12/h2-3,6,11,13,15H,4-5,7H2,1H3. The summed E-state index contributed by atoms with van der Waals surface area (Å²) in [5.41, 5.74) is 1.07. The van der Waals surface area contributed by atoms with Crippen LogP contribution in [0.25, 0.3) is 0 Å². The van der Waals surface area contributed by atoms with Crippen LogP contribution in [0.3, 0.4) is 0 Å². The predicted octanol–water partition coefficient (Wildman–Crippen LogP) is 1.62. The van der Waals surface area contributed by atoms with Crippen LogP contribution in [0, 0.1) is 0 Å². The first-order valence-electron chi connectivity index (χ1n) is 5.08. The molecule has 3 nitrogen and oxygen atoms in total. The van der Waals surface area contributed by atoms with Crippen LogP contribution in [0.1, 0.15) is 11.6 Å². The topological polar surface area (TPSA) is 35.5 Å². The number of halogens is 1. The van der Waals surface area contributed by atoms with Crippen molar-refractivity contribution < 1.29 is 5.11 Å². The number of nitrogens with one attached hydrogen (secondary N) is 1. The molecular formula is C11H15ClN2O. The van der Waals surface area contributed by atoms with E-state index in [1.54, 1.807) is 12.1 Å². The Labute approximate surface area is 94.7 Å². The molecule has 0 spiro atoms. The summed E-state index contributed by atoms with van der Waals surface area (Å²) in [5.74, 6) is 0.218. The summed E-state index contributed by atoms with van der Waals surface area (Å²) in [4.78, 5) is 2.27. The van der Waals surface area contributed by atoms with E-state index >= 15 is 0 Å². The maximum Gasteiger partial charge on any atom is 0.117 e. The van der Waals surface area contributed by atoms with Crippen LogP contribution in [-0.2, 0) is 0 Å². The lowest BCUT2D eigenvalue weighted by Gasteiger charge is -2.33. The highest BCUT2D eigenvalue weighted by Crippen LogP contribution is 2.30. The third-order valence-corrected chi connectivity index (χ3v) is 3.18. The molecule has 1 heterocycles. The normalized spacial score (nSPS) is 22.9. The van der Waals surface area contributed by atoms with Crippen molar-refractivity contribution in [3.8, 4) is 5.75 Å². The van der Waals surface area contributed by atoms with Gasteiger partial charge in [0.1, 0.15) is 5.75 Å². The lowest BCUT2D eigenvalue weighted by Crippen LogP contribution is -2.43. The van der Waals surface area contributed by atoms with E-state index in [4.69, 9.17) is 11.6 Å². The minimum Gasteiger partial charge on any atom is -0.508 e. The van der Waals surface area contributed by atoms with Crippen molar-refractivity contribution in [1.82, 2.24) is 10.2 Å². The monoisotopic (exact) mass is 226 g/mol. The molecule has 1 aromatic rings. The summed E-state index contributed by atoms with van der Waals surface area (Å²) in [6, 6.07) is 5.47. The van der Waals surface area contributed by atoms with Gasteiger partial charge in [-0.25, -0.2) is 0 Å². The average Bonchev–Trinajstić information content (AvgIpc) is 2.20. The van der Waals surface area contributed by atoms with Gasteiger partial charge in [0.05, 0.1) is 0 Å². The Morgan fingerprint density at radius 2 is 2.33 bits per heavy atom. The fraction of sp³-hybridized carbons (Fsp3) is 0.455. The number of likely N-dealkylation sites (N-methyl/N-ethyl adjacent to an activating group) is 1. The molecule has 0 aliphatic carbocycles. The molecule has 15 heavy (non-hydrogen) atoms. The maximum absolute atomic E-state index is 9.29. The second-order valence-corrected chi connectivity index (χ2v) is 4.31. The Bertz CT molecular complexity index is 356. The van der Waals surface area contributed by atoms with Gasteiger partial charge in [0.2, 0.25) is 0 Å². The van der Waals surface area contributed by atoms with Gasteiger partial charge in [0.15, 0.2) is 0 Å². The van der Waals surface area contributed by atoms with E-state index in [1.165, 1.54) is 0 Å². The lowest BCUT2D eigenvalue weighted by molar-refractivity contribution is 0.202. The molecule has 0 aromatic heterocycles. The molecule has 4 heteroatoms. The van der Waals surface area contributed by atoms with Crippen LogP contribution in [0.2, 0.25) is 5.02 Å². The number of hydrogen-bond acceptors (Lipinski definition) is 3. The molecule has 0 bridgehead atoms. The second-order valence-electron chi connectivity index (χ2n) is 3.91. The van der Waals surface area contributed by atoms with Crippen LogP contribution in [0.15, 0.2) is 18.2 Å². The van der Waals surface area contributed by atoms with Crippen molar-refractivity contribution in [2.75, 3.05) is 26.7 Å². The average molecular weight is 227 g/mol. The number of piperazine rings is 1. The minimum absolute atomic E-state index is 0.218. The summed E-state index contributed by atoms with van der Waals surface area (Å²) >= 11 is 6.11. The molecule has 82 valence electrons. The van der Waals surface area contributed by atoms with Crippen LogP contribution in [-0.4, -0.2) is 36.7 Å². The zero-order valence-electron chi connectivity index (χ0n) is 8.70. The van der Waals surface area contributed by atoms with E-state index in [-0.39, 0.29) is 5.75 Å². The first kappa shape index (κ1) is 10.7. The highest BCUT2D eigenvalue weighted by atomic mass is 35.5. The molecule has 1 atom stereocenters. The number of nitrogens with zero attached hydrogens (tertiary/aromatic N) is 1. The summed E-state index contributed by atoms with van der Waals surface area (Å²) in [5, 5.41) is 13.3. The zero-order valence-corrected chi connectivity index (χ0v) is 9.46. The number of phenolic OH excluding ortho intramolecular Hbond substituents is 1. The van der Waals surface area contributed by atoms with E-state index in [0.717, 1.165) is 25.2 Å². The number of aromatic hydroxyl groups is 1. The van der Waals surface area contributed by atoms with E-state index in [2.05, 4.69) is 17.3 Å². The number of benzene rings is 1. The van der Waals surface area contributed by atoms with Gasteiger partial charge in [-0.1, -0.05) is 17.7 Å². The van der Waals surface area contributed by atoms with Gasteiger partial charge in [-0.15, -0.1) is 0 Å². The minimum atomic E-state index is 0.218. The van der Waals surface area contributed by atoms with Crippen molar-refractivity contribution in [2.45, 2.75) is 6.04 Å². The molecule has 1 aromatic carbocycles. The first-order valence-corrected chi connectivity index (χ1v) is 5.45. The van der Waals surface area contributed by atoms with Crippen LogP contribution < -0.4 is 5.32 Å². The highest BCUT2D eigenvalue weighted by Gasteiger charge is 2.22. The third-order valence-electron chi connectivity index (χ3n) is 2.85. The molecule has 1 fully saturated rings. The molecule has 0 amide bonds. The molecule has 2 rings (SSSR count). The number of phenols is 1. The van der Waals surface area contributed by atoms with E-state index < -0.39 is 0 Å². The van der Waals surface area contributed by atoms with E-state index in [1.807, 2.05) is 6.07 Å². The van der Waals surface area contributed by atoms with Crippen molar-refractivity contribution in [3.05, 3.63) is 28.8 Å². The van der Waals surface area contributed by atoms with Gasteiger partial charge in [-0.3, -0.25) is 4.90 Å². The van der Waals surface area contributed by atoms with Crippen molar-refractivity contribution in [1.29, 1.82) is 0 Å². The lowest BCUT2D eigenvalue weighted by atomic mass is 10.0. The molecule has 1 aliphatic heterocycles. The molecule has 1 saturated heterocycles. The van der Waals surface area contributed by atoms with E-state index in [9.17, 15) is 5.11 Å². The smallest absolute Gasteiger partial charge is 0.117 e. The Morgan fingerprint density at radius 1 is 1.53 bits per heavy atom. The van der Waals surface area contributed by atoms with Gasteiger partial charge < -0.3 is 10.4 Å². The van der Waals surface area contributed by atoms with Crippen molar-refractivity contribution in [2.24, 2.45) is 0 Å². The first-order chi connectivity index (χ1) is 7.18. The quantitative estimate of drug-likeness (QED) is 0.764. The Hall–Kier alpha value is -0.770.